The number of halogens is 1. The quantitative estimate of drug-likeness (QED) is 0.477. The summed E-state index contributed by atoms with van der Waals surface area (Å²) in [4.78, 5) is 17.5. The average molecular weight is 447 g/mol. The van der Waals surface area contributed by atoms with Gasteiger partial charge in [0.05, 0.1) is 35.2 Å². The first-order chi connectivity index (χ1) is 15.7. The number of carbonyl (C=O) groups excluding carboxylic acids is 1. The van der Waals surface area contributed by atoms with E-state index >= 15 is 0 Å². The summed E-state index contributed by atoms with van der Waals surface area (Å²) in [5.74, 6) is 0.774. The van der Waals surface area contributed by atoms with Crippen molar-refractivity contribution < 1.29 is 14.3 Å². The second kappa shape index (κ2) is 8.72. The van der Waals surface area contributed by atoms with Crippen LogP contribution in [0.25, 0.3) is 16.9 Å². The van der Waals surface area contributed by atoms with Gasteiger partial charge in [0.2, 0.25) is 0 Å². The van der Waals surface area contributed by atoms with Gasteiger partial charge in [0.25, 0.3) is 5.91 Å². The maximum atomic E-state index is 13.3. The summed E-state index contributed by atoms with van der Waals surface area (Å²) >= 11 is 6.42. The van der Waals surface area contributed by atoms with Gasteiger partial charge in [0, 0.05) is 42.7 Å². The molecule has 1 aliphatic heterocycles. The number of pyridine rings is 1. The Kier molecular flexibility index (Phi) is 5.47. The Morgan fingerprint density at radius 1 is 1.03 bits per heavy atom. The van der Waals surface area contributed by atoms with E-state index in [4.69, 9.17) is 21.1 Å². The molecule has 5 rings (SSSR count). The Balaban J connectivity index is 1.52. The van der Waals surface area contributed by atoms with E-state index in [1.54, 1.807) is 41.5 Å². The molecular formula is C24H19ClN4O3. The van der Waals surface area contributed by atoms with E-state index in [1.807, 2.05) is 36.4 Å². The molecule has 0 bridgehead atoms. The minimum atomic E-state index is -0.345. The first kappa shape index (κ1) is 20.1. The lowest BCUT2D eigenvalue weighted by atomic mass is 10.1. The smallest absolute Gasteiger partial charge is 0.259 e. The molecule has 0 aliphatic carbocycles. The third-order valence-electron chi connectivity index (χ3n) is 5.00. The van der Waals surface area contributed by atoms with E-state index in [0.29, 0.717) is 46.7 Å². The number of rotatable bonds is 4. The zero-order valence-corrected chi connectivity index (χ0v) is 17.7. The molecule has 0 spiro atoms. The molecule has 0 atom stereocenters. The first-order valence-electron chi connectivity index (χ1n) is 10.1. The summed E-state index contributed by atoms with van der Waals surface area (Å²) in [6.07, 6.45) is 5.83. The van der Waals surface area contributed by atoms with Crippen molar-refractivity contribution in [2.45, 2.75) is 6.42 Å². The van der Waals surface area contributed by atoms with Crippen molar-refractivity contribution in [1.29, 1.82) is 0 Å². The highest BCUT2D eigenvalue weighted by molar-refractivity contribution is 6.34. The molecule has 3 heterocycles. The Bertz CT molecular complexity index is 1260. The molecule has 160 valence electrons. The normalized spacial score (nSPS) is 12.8. The van der Waals surface area contributed by atoms with E-state index in [9.17, 15) is 4.79 Å². The van der Waals surface area contributed by atoms with Crippen LogP contribution >= 0.6 is 11.6 Å². The van der Waals surface area contributed by atoms with Crippen LogP contribution in [0.4, 0.5) is 5.69 Å². The average Bonchev–Trinajstić information content (AvgIpc) is 3.16. The number of amides is 1. The van der Waals surface area contributed by atoms with Gasteiger partial charge in [0.15, 0.2) is 11.5 Å². The largest absolute Gasteiger partial charge is 0.490 e. The number of benzene rings is 2. The van der Waals surface area contributed by atoms with Crippen LogP contribution in [-0.2, 0) is 0 Å². The van der Waals surface area contributed by atoms with Crippen LogP contribution in [0.15, 0.2) is 73.2 Å². The van der Waals surface area contributed by atoms with Crippen LogP contribution in [0, 0.1) is 0 Å². The van der Waals surface area contributed by atoms with Crippen molar-refractivity contribution in [2.75, 3.05) is 18.5 Å². The fraction of sp³-hybridized carbons (Fsp3) is 0.125. The Morgan fingerprint density at radius 2 is 1.81 bits per heavy atom. The van der Waals surface area contributed by atoms with E-state index in [1.165, 1.54) is 0 Å². The number of carbonyl (C=O) groups is 1. The minimum absolute atomic E-state index is 0.345. The number of anilines is 1. The number of ether oxygens (including phenoxy) is 2. The predicted octanol–water partition coefficient (Wildman–Crippen LogP) is 5.00. The van der Waals surface area contributed by atoms with Crippen LogP contribution in [0.1, 0.15) is 16.8 Å². The molecule has 0 fully saturated rings. The van der Waals surface area contributed by atoms with Crippen molar-refractivity contribution >= 4 is 23.2 Å². The van der Waals surface area contributed by atoms with Gasteiger partial charge in [-0.15, -0.1) is 0 Å². The van der Waals surface area contributed by atoms with E-state index in [-0.39, 0.29) is 5.91 Å². The van der Waals surface area contributed by atoms with Crippen LogP contribution in [-0.4, -0.2) is 33.9 Å². The SMILES string of the molecule is O=C(Nc1cc2c(cc1Cl)OCCCO2)c1cn(-c2ccccc2)nc1-c1cccnc1. The van der Waals surface area contributed by atoms with Crippen LogP contribution in [0.5, 0.6) is 11.5 Å². The predicted molar refractivity (Wildman–Crippen MR) is 122 cm³/mol. The second-order valence-electron chi connectivity index (χ2n) is 7.20. The molecule has 2 aromatic heterocycles. The van der Waals surface area contributed by atoms with E-state index in [2.05, 4.69) is 15.4 Å². The highest BCUT2D eigenvalue weighted by Crippen LogP contribution is 2.38. The van der Waals surface area contributed by atoms with Crippen LogP contribution < -0.4 is 14.8 Å². The van der Waals surface area contributed by atoms with Gasteiger partial charge >= 0.3 is 0 Å². The molecule has 4 aromatic rings. The molecule has 1 N–H and O–H groups in total. The summed E-state index contributed by atoms with van der Waals surface area (Å²) in [6.45, 7) is 1.10. The van der Waals surface area contributed by atoms with Gasteiger partial charge in [0.1, 0.15) is 5.69 Å². The fourth-order valence-electron chi connectivity index (χ4n) is 3.44. The summed E-state index contributed by atoms with van der Waals surface area (Å²) in [6, 6.07) is 16.6. The van der Waals surface area contributed by atoms with E-state index in [0.717, 1.165) is 17.7 Å². The zero-order valence-electron chi connectivity index (χ0n) is 17.0. The molecule has 0 saturated heterocycles. The van der Waals surface area contributed by atoms with Crippen molar-refractivity contribution in [3.8, 4) is 28.4 Å². The molecule has 0 saturated carbocycles. The van der Waals surface area contributed by atoms with Gasteiger partial charge in [-0.3, -0.25) is 9.78 Å². The zero-order chi connectivity index (χ0) is 21.9. The van der Waals surface area contributed by atoms with Gasteiger partial charge in [-0.2, -0.15) is 5.10 Å². The molecule has 7 nitrogen and oxygen atoms in total. The van der Waals surface area contributed by atoms with Gasteiger partial charge in [-0.1, -0.05) is 29.8 Å². The molecule has 0 unspecified atom stereocenters. The lowest BCUT2D eigenvalue weighted by Crippen LogP contribution is -2.13. The summed E-state index contributed by atoms with van der Waals surface area (Å²) in [5, 5.41) is 7.91. The third-order valence-corrected chi connectivity index (χ3v) is 5.31. The highest BCUT2D eigenvalue weighted by Gasteiger charge is 2.21. The van der Waals surface area contributed by atoms with Crippen molar-refractivity contribution in [1.82, 2.24) is 14.8 Å². The molecule has 2 aromatic carbocycles. The number of para-hydroxylation sites is 1. The molecule has 32 heavy (non-hydrogen) atoms. The summed E-state index contributed by atoms with van der Waals surface area (Å²) in [5.41, 5.74) is 2.92. The van der Waals surface area contributed by atoms with Crippen molar-refractivity contribution in [3.63, 3.8) is 0 Å². The maximum Gasteiger partial charge on any atom is 0.259 e. The Hall–Kier alpha value is -3.84. The van der Waals surface area contributed by atoms with E-state index < -0.39 is 0 Å². The highest BCUT2D eigenvalue weighted by atomic mass is 35.5. The number of hydrogen-bond acceptors (Lipinski definition) is 5. The fourth-order valence-corrected chi connectivity index (χ4v) is 3.64. The number of fused-ring (bicyclic) bond motifs is 1. The van der Waals surface area contributed by atoms with Crippen LogP contribution in [0.2, 0.25) is 5.02 Å². The van der Waals surface area contributed by atoms with Gasteiger partial charge in [-0.25, -0.2) is 4.68 Å². The maximum absolute atomic E-state index is 13.3. The van der Waals surface area contributed by atoms with Gasteiger partial charge < -0.3 is 14.8 Å². The van der Waals surface area contributed by atoms with Crippen molar-refractivity contribution in [3.05, 3.63) is 83.8 Å². The van der Waals surface area contributed by atoms with Gasteiger partial charge in [-0.05, 0) is 24.3 Å². The summed E-state index contributed by atoms with van der Waals surface area (Å²) in [7, 11) is 0. The lowest BCUT2D eigenvalue weighted by molar-refractivity contribution is 0.102. The number of nitrogens with zero attached hydrogens (tertiary/aromatic N) is 3. The standard InChI is InChI=1S/C24H19ClN4O3/c25-19-12-21-22(32-11-5-10-31-21)13-20(19)27-24(30)18-15-29(17-7-2-1-3-8-17)28-23(18)16-6-4-9-26-14-16/h1-4,6-9,12-15H,5,10-11H2,(H,27,30). The Morgan fingerprint density at radius 3 is 2.56 bits per heavy atom. The monoisotopic (exact) mass is 446 g/mol. The molecule has 8 heteroatoms. The summed E-state index contributed by atoms with van der Waals surface area (Å²) < 4.78 is 13.1. The lowest BCUT2D eigenvalue weighted by Gasteiger charge is -2.12. The second-order valence-corrected chi connectivity index (χ2v) is 7.60. The molecular weight excluding hydrogens is 428 g/mol. The van der Waals surface area contributed by atoms with Crippen molar-refractivity contribution in [2.24, 2.45) is 0 Å². The Labute approximate surface area is 189 Å². The molecule has 0 radical (unpaired) electrons. The molecule has 1 aliphatic rings. The van der Waals surface area contributed by atoms with Crippen LogP contribution in [0.3, 0.4) is 0 Å². The topological polar surface area (TPSA) is 78.3 Å². The first-order valence-corrected chi connectivity index (χ1v) is 10.5. The minimum Gasteiger partial charge on any atom is -0.490 e. The number of hydrogen-bond donors (Lipinski definition) is 1. The number of nitrogens with one attached hydrogen (secondary N) is 1. The third kappa shape index (κ3) is 4.02. The molecule has 1 amide bonds. The number of aromatic nitrogens is 3.